The van der Waals surface area contributed by atoms with Crippen molar-refractivity contribution in [1.82, 2.24) is 4.90 Å². The van der Waals surface area contributed by atoms with Crippen LogP contribution in [0.4, 0.5) is 5.69 Å². The minimum atomic E-state index is -0.173. The largest absolute Gasteiger partial charge is 0.481 e. The molecular weight excluding hydrogens is 316 g/mol. The van der Waals surface area contributed by atoms with Crippen molar-refractivity contribution in [3.63, 3.8) is 0 Å². The Morgan fingerprint density at radius 1 is 1.16 bits per heavy atom. The van der Waals surface area contributed by atoms with Crippen molar-refractivity contribution in [2.45, 2.75) is 57.4 Å². The van der Waals surface area contributed by atoms with E-state index in [-0.39, 0.29) is 18.4 Å². The maximum atomic E-state index is 13.2. The van der Waals surface area contributed by atoms with Gasteiger partial charge in [-0.1, -0.05) is 38.2 Å². The minimum Gasteiger partial charge on any atom is -0.481 e. The first-order chi connectivity index (χ1) is 12.2. The van der Waals surface area contributed by atoms with Gasteiger partial charge in [-0.25, -0.2) is 0 Å². The van der Waals surface area contributed by atoms with Gasteiger partial charge in [0.1, 0.15) is 0 Å². The predicted octanol–water partition coefficient (Wildman–Crippen LogP) is 3.59. The molecule has 4 rings (SSSR count). The lowest BCUT2D eigenvalue weighted by Crippen LogP contribution is -2.37. The van der Waals surface area contributed by atoms with Gasteiger partial charge in [0.2, 0.25) is 0 Å². The lowest BCUT2D eigenvalue weighted by Gasteiger charge is -2.31. The van der Waals surface area contributed by atoms with Gasteiger partial charge in [-0.05, 0) is 37.3 Å². The summed E-state index contributed by atoms with van der Waals surface area (Å²) in [6.07, 6.45) is 9.99. The predicted molar refractivity (Wildman–Crippen MR) is 95.8 cm³/mol. The monoisotopic (exact) mass is 342 g/mol. The number of likely N-dealkylation sites (tertiary alicyclic amines) is 1. The number of fused-ring (bicyclic) bond motifs is 1. The molecule has 1 N–H and O–H groups in total. The number of amides is 2. The third-order valence-electron chi connectivity index (χ3n) is 5.84. The molecule has 5 heteroatoms. The highest BCUT2D eigenvalue weighted by Gasteiger charge is 2.34. The molecule has 2 heterocycles. The number of ether oxygens (including phenoxy) is 1. The van der Waals surface area contributed by atoms with Gasteiger partial charge in [0, 0.05) is 12.6 Å². The maximum Gasteiger partial charge on any atom is 0.262 e. The van der Waals surface area contributed by atoms with Crippen LogP contribution in [0.5, 0.6) is 5.75 Å². The zero-order valence-corrected chi connectivity index (χ0v) is 14.6. The summed E-state index contributed by atoms with van der Waals surface area (Å²) in [6, 6.07) is 5.76. The topological polar surface area (TPSA) is 58.6 Å². The molecule has 2 aliphatic heterocycles. The van der Waals surface area contributed by atoms with E-state index in [0.717, 1.165) is 31.7 Å². The average molecular weight is 342 g/mol. The number of carbonyl (C=O) groups is 2. The van der Waals surface area contributed by atoms with Gasteiger partial charge in [-0.2, -0.15) is 0 Å². The lowest BCUT2D eigenvalue weighted by atomic mass is 9.84. The number of hydrogen-bond acceptors (Lipinski definition) is 3. The SMILES string of the molecule is O=C1COc2c(cccc2C(=O)N2CCCC2CC2CCCCC2)N1. The fraction of sp³-hybridized carbons (Fsp3) is 0.600. The van der Waals surface area contributed by atoms with E-state index in [0.29, 0.717) is 23.0 Å². The molecule has 25 heavy (non-hydrogen) atoms. The van der Waals surface area contributed by atoms with Crippen LogP contribution >= 0.6 is 0 Å². The highest BCUT2D eigenvalue weighted by molar-refractivity contribution is 6.03. The summed E-state index contributed by atoms with van der Waals surface area (Å²) in [6.45, 7) is 0.801. The molecule has 1 atom stereocenters. The van der Waals surface area contributed by atoms with Crippen LogP contribution in [-0.4, -0.2) is 35.9 Å². The Morgan fingerprint density at radius 2 is 2.00 bits per heavy atom. The summed E-state index contributed by atoms with van der Waals surface area (Å²) >= 11 is 0. The molecule has 134 valence electrons. The van der Waals surface area contributed by atoms with Crippen LogP contribution in [0.25, 0.3) is 0 Å². The molecule has 1 aromatic rings. The van der Waals surface area contributed by atoms with Crippen LogP contribution in [0.15, 0.2) is 18.2 Å². The third-order valence-corrected chi connectivity index (χ3v) is 5.84. The van der Waals surface area contributed by atoms with Crippen LogP contribution in [0.3, 0.4) is 0 Å². The van der Waals surface area contributed by atoms with Crippen molar-refractivity contribution in [2.75, 3.05) is 18.5 Å². The van der Waals surface area contributed by atoms with E-state index in [2.05, 4.69) is 5.32 Å². The van der Waals surface area contributed by atoms with Gasteiger partial charge >= 0.3 is 0 Å². The zero-order chi connectivity index (χ0) is 17.2. The van der Waals surface area contributed by atoms with E-state index in [4.69, 9.17) is 4.74 Å². The van der Waals surface area contributed by atoms with Gasteiger partial charge in [-0.15, -0.1) is 0 Å². The second kappa shape index (κ2) is 7.06. The highest BCUT2D eigenvalue weighted by atomic mass is 16.5. The van der Waals surface area contributed by atoms with Crippen LogP contribution in [0.1, 0.15) is 61.7 Å². The normalized spacial score (nSPS) is 23.8. The Morgan fingerprint density at radius 3 is 2.84 bits per heavy atom. The Balaban J connectivity index is 1.52. The molecule has 0 aromatic heterocycles. The number of nitrogens with zero attached hydrogens (tertiary/aromatic N) is 1. The van der Waals surface area contributed by atoms with Crippen molar-refractivity contribution < 1.29 is 14.3 Å². The summed E-state index contributed by atoms with van der Waals surface area (Å²) in [7, 11) is 0. The smallest absolute Gasteiger partial charge is 0.262 e. The molecule has 1 unspecified atom stereocenters. The first kappa shape index (κ1) is 16.4. The highest BCUT2D eigenvalue weighted by Crippen LogP contribution is 2.36. The van der Waals surface area contributed by atoms with E-state index >= 15 is 0 Å². The standard InChI is InChI=1S/C20H26N2O3/c23-18-13-25-19-16(9-4-10-17(19)21-18)20(24)22-11-5-8-15(22)12-14-6-2-1-3-7-14/h4,9-10,14-15H,1-3,5-8,11-13H2,(H,21,23). The van der Waals surface area contributed by atoms with Crippen molar-refractivity contribution in [2.24, 2.45) is 5.92 Å². The minimum absolute atomic E-state index is 0.0250. The molecular formula is C20H26N2O3. The van der Waals surface area contributed by atoms with Gasteiger partial charge < -0.3 is 15.0 Å². The molecule has 0 radical (unpaired) electrons. The number of benzene rings is 1. The van der Waals surface area contributed by atoms with Crippen LogP contribution in [0.2, 0.25) is 0 Å². The number of hydrogen-bond donors (Lipinski definition) is 1. The van der Waals surface area contributed by atoms with Crippen molar-refractivity contribution >= 4 is 17.5 Å². The zero-order valence-electron chi connectivity index (χ0n) is 14.6. The second-order valence-corrected chi connectivity index (χ2v) is 7.55. The number of nitrogens with one attached hydrogen (secondary N) is 1. The van der Waals surface area contributed by atoms with E-state index in [1.807, 2.05) is 17.0 Å². The van der Waals surface area contributed by atoms with Crippen molar-refractivity contribution in [1.29, 1.82) is 0 Å². The summed E-state index contributed by atoms with van der Waals surface area (Å²) < 4.78 is 5.57. The summed E-state index contributed by atoms with van der Waals surface area (Å²) in [5.41, 5.74) is 1.18. The molecule has 1 saturated heterocycles. The molecule has 3 aliphatic rings. The van der Waals surface area contributed by atoms with E-state index < -0.39 is 0 Å². The lowest BCUT2D eigenvalue weighted by molar-refractivity contribution is -0.118. The summed E-state index contributed by atoms with van der Waals surface area (Å²) in [4.78, 5) is 26.7. The molecule has 2 fully saturated rings. The Kier molecular flexibility index (Phi) is 4.64. The molecule has 1 aromatic carbocycles. The number of rotatable bonds is 3. The van der Waals surface area contributed by atoms with E-state index in [9.17, 15) is 9.59 Å². The summed E-state index contributed by atoms with van der Waals surface area (Å²) in [5.74, 6) is 1.17. The molecule has 1 aliphatic carbocycles. The Bertz CT molecular complexity index is 667. The maximum absolute atomic E-state index is 13.2. The first-order valence-electron chi connectivity index (χ1n) is 9.59. The number of para-hydroxylation sites is 1. The average Bonchev–Trinajstić information content (AvgIpc) is 3.09. The van der Waals surface area contributed by atoms with Crippen LogP contribution < -0.4 is 10.1 Å². The third kappa shape index (κ3) is 3.37. The van der Waals surface area contributed by atoms with E-state index in [1.165, 1.54) is 32.1 Å². The van der Waals surface area contributed by atoms with Crippen molar-refractivity contribution in [3.05, 3.63) is 23.8 Å². The first-order valence-corrected chi connectivity index (χ1v) is 9.59. The van der Waals surface area contributed by atoms with Gasteiger partial charge in [0.05, 0.1) is 11.3 Å². The number of anilines is 1. The molecule has 2 amide bonds. The second-order valence-electron chi connectivity index (χ2n) is 7.55. The molecule has 1 saturated carbocycles. The van der Waals surface area contributed by atoms with Gasteiger partial charge in [0.25, 0.3) is 11.8 Å². The van der Waals surface area contributed by atoms with E-state index in [1.54, 1.807) is 6.07 Å². The van der Waals surface area contributed by atoms with Crippen LogP contribution in [-0.2, 0) is 4.79 Å². The number of carbonyl (C=O) groups excluding carboxylic acids is 2. The Hall–Kier alpha value is -2.04. The fourth-order valence-corrected chi connectivity index (χ4v) is 4.59. The molecule has 5 nitrogen and oxygen atoms in total. The molecule has 0 spiro atoms. The van der Waals surface area contributed by atoms with Crippen molar-refractivity contribution in [3.8, 4) is 5.75 Å². The van der Waals surface area contributed by atoms with Gasteiger partial charge in [0.15, 0.2) is 12.4 Å². The quantitative estimate of drug-likeness (QED) is 0.913. The fourth-order valence-electron chi connectivity index (χ4n) is 4.59. The molecule has 0 bridgehead atoms. The summed E-state index contributed by atoms with van der Waals surface area (Å²) in [5, 5.41) is 2.79. The Labute approximate surface area is 148 Å². The van der Waals surface area contributed by atoms with Crippen LogP contribution in [0, 0.1) is 5.92 Å². The van der Waals surface area contributed by atoms with Gasteiger partial charge in [-0.3, -0.25) is 9.59 Å².